The van der Waals surface area contributed by atoms with Crippen molar-refractivity contribution in [1.29, 1.82) is 0 Å². The lowest BCUT2D eigenvalue weighted by Gasteiger charge is -2.35. The first kappa shape index (κ1) is 10.3. The fourth-order valence-electron chi connectivity index (χ4n) is 1.81. The average Bonchev–Trinajstić information content (AvgIpc) is 2.31. The molecule has 0 amide bonds. The summed E-state index contributed by atoms with van der Waals surface area (Å²) >= 11 is 0. The molecule has 0 aromatic carbocycles. The Labute approximate surface area is 89.5 Å². The maximum absolute atomic E-state index is 5.20. The third kappa shape index (κ3) is 2.43. The van der Waals surface area contributed by atoms with Crippen LogP contribution in [0.15, 0.2) is 18.5 Å². The van der Waals surface area contributed by atoms with Crippen LogP contribution in [0.2, 0.25) is 0 Å². The molecule has 1 fully saturated rings. The van der Waals surface area contributed by atoms with Gasteiger partial charge in [-0.1, -0.05) is 0 Å². The van der Waals surface area contributed by atoms with Crippen molar-refractivity contribution in [3.05, 3.63) is 18.5 Å². The summed E-state index contributed by atoms with van der Waals surface area (Å²) in [6.45, 7) is 3.52. The first-order valence-corrected chi connectivity index (χ1v) is 5.15. The minimum atomic E-state index is 0.325. The van der Waals surface area contributed by atoms with E-state index < -0.39 is 0 Å². The molecule has 2 rings (SSSR count). The monoisotopic (exact) mass is 208 g/mol. The zero-order valence-corrected chi connectivity index (χ0v) is 8.89. The molecular formula is C10H16N4O. The first-order valence-electron chi connectivity index (χ1n) is 5.15. The molecule has 1 aliphatic rings. The summed E-state index contributed by atoms with van der Waals surface area (Å²) in [5.41, 5.74) is 0. The van der Waals surface area contributed by atoms with Gasteiger partial charge in [0.2, 0.25) is 5.95 Å². The van der Waals surface area contributed by atoms with Gasteiger partial charge in [0.25, 0.3) is 0 Å². The molecule has 0 radical (unpaired) electrons. The molecular weight excluding hydrogens is 192 g/mol. The van der Waals surface area contributed by atoms with Crippen LogP contribution in [0.5, 0.6) is 0 Å². The fourth-order valence-corrected chi connectivity index (χ4v) is 1.81. The van der Waals surface area contributed by atoms with Crippen molar-refractivity contribution in [3.8, 4) is 0 Å². The minimum Gasteiger partial charge on any atom is -0.382 e. The Kier molecular flexibility index (Phi) is 3.47. The van der Waals surface area contributed by atoms with Gasteiger partial charge in [0.05, 0.1) is 12.6 Å². The summed E-state index contributed by atoms with van der Waals surface area (Å²) in [5.74, 6) is 0.793. The molecule has 0 spiro atoms. The Balaban J connectivity index is 2.11. The van der Waals surface area contributed by atoms with E-state index in [9.17, 15) is 0 Å². The van der Waals surface area contributed by atoms with Crippen LogP contribution < -0.4 is 10.2 Å². The van der Waals surface area contributed by atoms with Crippen LogP contribution in [-0.2, 0) is 4.74 Å². The van der Waals surface area contributed by atoms with Gasteiger partial charge in [0, 0.05) is 39.1 Å². The predicted octanol–water partition coefficient (Wildman–Crippen LogP) is -0.0988. The number of methoxy groups -OCH3 is 1. The highest BCUT2D eigenvalue weighted by atomic mass is 16.5. The standard InChI is InChI=1S/C10H16N4O/c1-15-8-9-7-11-5-6-14(9)10-12-3-2-4-13-10/h2-4,9,11H,5-8H2,1H3/t9-/m1/s1. The van der Waals surface area contributed by atoms with Gasteiger partial charge in [-0.25, -0.2) is 9.97 Å². The molecule has 0 unspecified atom stereocenters. The lowest BCUT2D eigenvalue weighted by molar-refractivity contribution is 0.170. The second kappa shape index (κ2) is 5.04. The maximum atomic E-state index is 5.20. The number of anilines is 1. The van der Waals surface area contributed by atoms with E-state index in [1.807, 2.05) is 6.07 Å². The number of nitrogens with zero attached hydrogens (tertiary/aromatic N) is 3. The van der Waals surface area contributed by atoms with Crippen molar-refractivity contribution in [2.75, 3.05) is 38.3 Å². The SMILES string of the molecule is COC[C@H]1CNCCN1c1ncccn1. The second-order valence-electron chi connectivity index (χ2n) is 3.56. The van der Waals surface area contributed by atoms with Crippen LogP contribution in [0.4, 0.5) is 5.95 Å². The highest BCUT2D eigenvalue weighted by Crippen LogP contribution is 2.11. The number of piperazine rings is 1. The Morgan fingerprint density at radius 1 is 1.53 bits per heavy atom. The third-order valence-electron chi connectivity index (χ3n) is 2.52. The average molecular weight is 208 g/mol. The van der Waals surface area contributed by atoms with Crippen LogP contribution in [-0.4, -0.2) is 49.4 Å². The quantitative estimate of drug-likeness (QED) is 0.752. The summed E-state index contributed by atoms with van der Waals surface area (Å²) in [4.78, 5) is 10.7. The molecule has 1 atom stereocenters. The van der Waals surface area contributed by atoms with Gasteiger partial charge < -0.3 is 15.0 Å². The molecule has 0 aliphatic carbocycles. The Hall–Kier alpha value is -1.20. The van der Waals surface area contributed by atoms with Gasteiger partial charge in [-0.15, -0.1) is 0 Å². The van der Waals surface area contributed by atoms with E-state index in [0.717, 1.165) is 25.6 Å². The molecule has 1 N–H and O–H groups in total. The van der Waals surface area contributed by atoms with Crippen molar-refractivity contribution in [2.24, 2.45) is 0 Å². The van der Waals surface area contributed by atoms with Crippen LogP contribution >= 0.6 is 0 Å². The van der Waals surface area contributed by atoms with Gasteiger partial charge >= 0.3 is 0 Å². The van der Waals surface area contributed by atoms with E-state index in [0.29, 0.717) is 12.6 Å². The zero-order chi connectivity index (χ0) is 10.5. The molecule has 0 bridgehead atoms. The topological polar surface area (TPSA) is 50.3 Å². The van der Waals surface area contributed by atoms with Gasteiger partial charge in [0.15, 0.2) is 0 Å². The zero-order valence-electron chi connectivity index (χ0n) is 8.89. The van der Waals surface area contributed by atoms with Gasteiger partial charge in [-0.2, -0.15) is 0 Å². The van der Waals surface area contributed by atoms with Crippen LogP contribution in [0, 0.1) is 0 Å². The highest BCUT2D eigenvalue weighted by Gasteiger charge is 2.23. The lowest BCUT2D eigenvalue weighted by Crippen LogP contribution is -2.54. The van der Waals surface area contributed by atoms with Crippen LogP contribution in [0.1, 0.15) is 0 Å². The highest BCUT2D eigenvalue weighted by molar-refractivity contribution is 5.31. The molecule has 1 aromatic heterocycles. The van der Waals surface area contributed by atoms with Crippen LogP contribution in [0.3, 0.4) is 0 Å². The summed E-state index contributed by atoms with van der Waals surface area (Å²) in [6.07, 6.45) is 3.54. The smallest absolute Gasteiger partial charge is 0.225 e. The lowest BCUT2D eigenvalue weighted by atomic mass is 10.2. The number of ether oxygens (including phenoxy) is 1. The van der Waals surface area contributed by atoms with Gasteiger partial charge in [-0.05, 0) is 6.07 Å². The van der Waals surface area contributed by atoms with E-state index in [4.69, 9.17) is 4.74 Å². The maximum Gasteiger partial charge on any atom is 0.225 e. The van der Waals surface area contributed by atoms with E-state index in [1.165, 1.54) is 0 Å². The summed E-state index contributed by atoms with van der Waals surface area (Å²) < 4.78 is 5.20. The number of hydrogen-bond acceptors (Lipinski definition) is 5. The molecule has 2 heterocycles. The van der Waals surface area contributed by atoms with Crippen molar-refractivity contribution in [3.63, 3.8) is 0 Å². The summed E-state index contributed by atoms with van der Waals surface area (Å²) in [6, 6.07) is 2.16. The largest absolute Gasteiger partial charge is 0.382 e. The van der Waals surface area contributed by atoms with Gasteiger partial charge in [-0.3, -0.25) is 0 Å². The van der Waals surface area contributed by atoms with E-state index in [1.54, 1.807) is 19.5 Å². The molecule has 1 saturated heterocycles. The molecule has 15 heavy (non-hydrogen) atoms. The third-order valence-corrected chi connectivity index (χ3v) is 2.52. The number of aromatic nitrogens is 2. The fraction of sp³-hybridized carbons (Fsp3) is 0.600. The van der Waals surface area contributed by atoms with E-state index in [2.05, 4.69) is 20.2 Å². The Bertz CT molecular complexity index is 291. The van der Waals surface area contributed by atoms with E-state index >= 15 is 0 Å². The number of nitrogens with one attached hydrogen (secondary N) is 1. The van der Waals surface area contributed by atoms with Crippen molar-refractivity contribution < 1.29 is 4.74 Å². The molecule has 82 valence electrons. The Morgan fingerprint density at radius 2 is 2.33 bits per heavy atom. The Morgan fingerprint density at radius 3 is 3.07 bits per heavy atom. The second-order valence-corrected chi connectivity index (χ2v) is 3.56. The molecule has 1 aromatic rings. The normalized spacial score (nSPS) is 21.7. The van der Waals surface area contributed by atoms with Crippen molar-refractivity contribution >= 4 is 5.95 Å². The molecule has 0 saturated carbocycles. The van der Waals surface area contributed by atoms with Crippen molar-refractivity contribution in [2.45, 2.75) is 6.04 Å². The summed E-state index contributed by atoms with van der Waals surface area (Å²) in [5, 5.41) is 3.34. The molecule has 1 aliphatic heterocycles. The van der Waals surface area contributed by atoms with Gasteiger partial charge in [0.1, 0.15) is 0 Å². The van der Waals surface area contributed by atoms with E-state index in [-0.39, 0.29) is 0 Å². The molecule has 5 nitrogen and oxygen atoms in total. The predicted molar refractivity (Wildman–Crippen MR) is 57.9 cm³/mol. The number of hydrogen-bond donors (Lipinski definition) is 1. The molecule has 5 heteroatoms. The minimum absolute atomic E-state index is 0.325. The summed E-state index contributed by atoms with van der Waals surface area (Å²) in [7, 11) is 1.72. The van der Waals surface area contributed by atoms with Crippen molar-refractivity contribution in [1.82, 2.24) is 15.3 Å². The number of rotatable bonds is 3. The first-order chi connectivity index (χ1) is 7.42. The van der Waals surface area contributed by atoms with Crippen LogP contribution in [0.25, 0.3) is 0 Å².